The predicted octanol–water partition coefficient (Wildman–Crippen LogP) is 4.69. The Balaban J connectivity index is 1.72. The smallest absolute Gasteiger partial charge is 0.195 e. The molecular formula is C18H32O4. The molecule has 22 heavy (non-hydrogen) atoms. The van der Waals surface area contributed by atoms with Gasteiger partial charge in [0.25, 0.3) is 0 Å². The molecule has 1 aliphatic heterocycles. The van der Waals surface area contributed by atoms with Crippen LogP contribution in [0.1, 0.15) is 67.2 Å². The third kappa shape index (κ3) is 2.43. The van der Waals surface area contributed by atoms with Crippen LogP contribution in [0.2, 0.25) is 0 Å². The summed E-state index contributed by atoms with van der Waals surface area (Å²) in [7, 11) is 0. The highest BCUT2D eigenvalue weighted by Crippen LogP contribution is 2.52. The molecule has 0 radical (unpaired) electrons. The molecule has 0 aromatic rings. The molecule has 2 saturated carbocycles. The Morgan fingerprint density at radius 1 is 0.591 bits per heavy atom. The largest absolute Gasteiger partial charge is 0.237 e. The quantitative estimate of drug-likeness (QED) is 0.608. The van der Waals surface area contributed by atoms with Crippen molar-refractivity contribution in [1.82, 2.24) is 0 Å². The zero-order valence-electron chi connectivity index (χ0n) is 14.9. The van der Waals surface area contributed by atoms with Crippen LogP contribution in [0.3, 0.4) is 0 Å². The van der Waals surface area contributed by atoms with Gasteiger partial charge in [-0.05, 0) is 36.5 Å². The van der Waals surface area contributed by atoms with E-state index in [1.165, 1.54) is 0 Å². The van der Waals surface area contributed by atoms with E-state index in [1.807, 2.05) is 0 Å². The van der Waals surface area contributed by atoms with Crippen molar-refractivity contribution in [2.75, 3.05) is 0 Å². The first-order valence-corrected chi connectivity index (χ1v) is 9.05. The molecule has 1 saturated heterocycles. The maximum absolute atomic E-state index is 5.94. The summed E-state index contributed by atoms with van der Waals surface area (Å²) in [5, 5.41) is 0. The number of hydrogen-bond acceptors (Lipinski definition) is 4. The molecule has 128 valence electrons. The Morgan fingerprint density at radius 2 is 0.909 bits per heavy atom. The van der Waals surface area contributed by atoms with E-state index in [9.17, 15) is 0 Å². The van der Waals surface area contributed by atoms with E-state index in [0.29, 0.717) is 23.7 Å². The Kier molecular flexibility index (Phi) is 4.35. The second-order valence-electron chi connectivity index (χ2n) is 8.28. The van der Waals surface area contributed by atoms with E-state index in [-0.39, 0.29) is 11.8 Å². The van der Waals surface area contributed by atoms with E-state index in [2.05, 4.69) is 41.5 Å². The minimum absolute atomic E-state index is 0.254. The summed E-state index contributed by atoms with van der Waals surface area (Å²) < 4.78 is 0. The lowest BCUT2D eigenvalue weighted by Crippen LogP contribution is -2.61. The second kappa shape index (κ2) is 5.73. The maximum atomic E-state index is 5.94. The van der Waals surface area contributed by atoms with E-state index in [4.69, 9.17) is 19.6 Å². The normalized spacial score (nSPS) is 56.5. The van der Waals surface area contributed by atoms with Crippen molar-refractivity contribution >= 4 is 0 Å². The average molecular weight is 312 g/mol. The van der Waals surface area contributed by atoms with Gasteiger partial charge in [-0.25, -0.2) is 0 Å². The Bertz CT molecular complexity index is 364. The highest BCUT2D eigenvalue weighted by molar-refractivity contribution is 4.91. The standard InChI is InChI=1S/C18H32O4/c1-11-7-9-17(15(5)13(11)3)19-21-18(22-20-17)10-8-12(2)14(4)16(18)6/h11-16H,7-10H2,1-6H3. The van der Waals surface area contributed by atoms with Crippen molar-refractivity contribution in [3.05, 3.63) is 0 Å². The van der Waals surface area contributed by atoms with Gasteiger partial charge in [-0.2, -0.15) is 19.6 Å². The molecule has 0 aromatic heterocycles. The van der Waals surface area contributed by atoms with E-state index < -0.39 is 11.6 Å². The van der Waals surface area contributed by atoms with Gasteiger partial charge in [0.15, 0.2) is 0 Å². The molecule has 2 aliphatic carbocycles. The lowest BCUT2D eigenvalue weighted by atomic mass is 9.70. The minimum atomic E-state index is -0.733. The molecule has 6 atom stereocenters. The van der Waals surface area contributed by atoms with Crippen LogP contribution in [0.25, 0.3) is 0 Å². The highest BCUT2D eigenvalue weighted by Gasteiger charge is 2.58. The molecule has 0 amide bonds. The fourth-order valence-corrected chi connectivity index (χ4v) is 4.41. The van der Waals surface area contributed by atoms with Crippen molar-refractivity contribution in [1.29, 1.82) is 0 Å². The van der Waals surface area contributed by atoms with Crippen LogP contribution in [0.4, 0.5) is 0 Å². The zero-order chi connectivity index (χ0) is 16.1. The first-order chi connectivity index (χ1) is 10.3. The number of rotatable bonds is 0. The van der Waals surface area contributed by atoms with Gasteiger partial charge in [-0.3, -0.25) is 0 Å². The fourth-order valence-electron chi connectivity index (χ4n) is 4.41. The highest BCUT2D eigenvalue weighted by atomic mass is 17.4. The molecule has 2 spiro atoms. The third-order valence-corrected chi connectivity index (χ3v) is 7.30. The van der Waals surface area contributed by atoms with Gasteiger partial charge in [0, 0.05) is 24.7 Å². The van der Waals surface area contributed by atoms with Gasteiger partial charge >= 0.3 is 0 Å². The molecule has 3 fully saturated rings. The lowest BCUT2D eigenvalue weighted by molar-refractivity contribution is -0.677. The van der Waals surface area contributed by atoms with E-state index in [0.717, 1.165) is 25.7 Å². The van der Waals surface area contributed by atoms with Crippen molar-refractivity contribution in [3.8, 4) is 0 Å². The topological polar surface area (TPSA) is 36.9 Å². The molecule has 0 bridgehead atoms. The van der Waals surface area contributed by atoms with Crippen LogP contribution in [0.5, 0.6) is 0 Å². The van der Waals surface area contributed by atoms with Crippen LogP contribution < -0.4 is 0 Å². The van der Waals surface area contributed by atoms with Crippen LogP contribution >= 0.6 is 0 Å². The van der Waals surface area contributed by atoms with Crippen molar-refractivity contribution in [3.63, 3.8) is 0 Å². The van der Waals surface area contributed by atoms with Gasteiger partial charge in [0.2, 0.25) is 11.6 Å². The van der Waals surface area contributed by atoms with Crippen LogP contribution in [0, 0.1) is 35.5 Å². The van der Waals surface area contributed by atoms with Gasteiger partial charge in [0.05, 0.1) is 0 Å². The van der Waals surface area contributed by atoms with E-state index >= 15 is 0 Å². The molecule has 0 aromatic carbocycles. The molecule has 0 N–H and O–H groups in total. The first kappa shape index (κ1) is 16.7. The van der Waals surface area contributed by atoms with Crippen LogP contribution in [-0.2, 0) is 19.6 Å². The molecular weight excluding hydrogens is 280 g/mol. The summed E-state index contributed by atoms with van der Waals surface area (Å²) in [6.07, 6.45) is 3.81. The third-order valence-electron chi connectivity index (χ3n) is 7.30. The van der Waals surface area contributed by atoms with Gasteiger partial charge < -0.3 is 0 Å². The van der Waals surface area contributed by atoms with Crippen molar-refractivity contribution in [2.45, 2.75) is 78.8 Å². The molecule has 6 unspecified atom stereocenters. The van der Waals surface area contributed by atoms with E-state index in [1.54, 1.807) is 0 Å². The Hall–Kier alpha value is -0.160. The van der Waals surface area contributed by atoms with Gasteiger partial charge in [0.1, 0.15) is 0 Å². The summed E-state index contributed by atoms with van der Waals surface area (Å²) in [6.45, 7) is 13.5. The second-order valence-corrected chi connectivity index (χ2v) is 8.28. The monoisotopic (exact) mass is 312 g/mol. The molecule has 3 aliphatic rings. The van der Waals surface area contributed by atoms with Crippen molar-refractivity contribution in [2.24, 2.45) is 35.5 Å². The molecule has 4 heteroatoms. The summed E-state index contributed by atoms with van der Waals surface area (Å²) in [5.41, 5.74) is 0. The Morgan fingerprint density at radius 3 is 1.23 bits per heavy atom. The Labute approximate surface area is 134 Å². The summed E-state index contributed by atoms with van der Waals surface area (Å²) in [5.74, 6) is 1.45. The van der Waals surface area contributed by atoms with Gasteiger partial charge in [-0.15, -0.1) is 0 Å². The molecule has 1 heterocycles. The molecule has 4 nitrogen and oxygen atoms in total. The maximum Gasteiger partial charge on any atom is 0.237 e. The summed E-state index contributed by atoms with van der Waals surface area (Å²) >= 11 is 0. The van der Waals surface area contributed by atoms with Gasteiger partial charge in [-0.1, -0.05) is 41.5 Å². The SMILES string of the molecule is CC1CCC2(OOC3(CCC(C)C(C)C3C)OO2)C(C)C1C. The fraction of sp³-hybridized carbons (Fsp3) is 1.00. The average Bonchev–Trinajstić information content (AvgIpc) is 2.53. The first-order valence-electron chi connectivity index (χ1n) is 9.05. The molecule has 3 rings (SSSR count). The summed E-state index contributed by atoms with van der Waals surface area (Å²) in [6, 6.07) is 0. The van der Waals surface area contributed by atoms with Crippen LogP contribution in [0.15, 0.2) is 0 Å². The predicted molar refractivity (Wildman–Crippen MR) is 83.3 cm³/mol. The lowest BCUT2D eigenvalue weighted by Gasteiger charge is -2.54. The summed E-state index contributed by atoms with van der Waals surface area (Å²) in [4.78, 5) is 23.8. The van der Waals surface area contributed by atoms with Crippen molar-refractivity contribution < 1.29 is 19.6 Å². The minimum Gasteiger partial charge on any atom is -0.195 e. The zero-order valence-corrected chi connectivity index (χ0v) is 14.9. The number of hydrogen-bond donors (Lipinski definition) is 0. The van der Waals surface area contributed by atoms with Crippen LogP contribution in [-0.4, -0.2) is 11.6 Å².